The third kappa shape index (κ3) is 6.45. The molecule has 1 unspecified atom stereocenters. The Hall–Kier alpha value is -2.74. The van der Waals surface area contributed by atoms with Crippen LogP contribution in [0.3, 0.4) is 0 Å². The number of carbonyl (C=O) groups is 1. The molecule has 0 aliphatic carbocycles. The van der Waals surface area contributed by atoms with Crippen LogP contribution in [-0.2, 0) is 10.9 Å². The van der Waals surface area contributed by atoms with E-state index in [4.69, 9.17) is 9.47 Å². The normalized spacial score (nSPS) is 12.5. The molecule has 2 rings (SSSR count). The number of ether oxygens (including phenoxy) is 2. The second-order valence-electron chi connectivity index (χ2n) is 6.05. The van der Waals surface area contributed by atoms with Crippen LogP contribution < -0.4 is 10.2 Å². The number of rotatable bonds is 8. The van der Waals surface area contributed by atoms with E-state index in [1.54, 1.807) is 38.2 Å². The summed E-state index contributed by atoms with van der Waals surface area (Å²) in [5.41, 5.74) is 2.44. The second kappa shape index (κ2) is 9.98. The van der Waals surface area contributed by atoms with Crippen LogP contribution in [0.5, 0.6) is 5.75 Å². The van der Waals surface area contributed by atoms with E-state index < -0.39 is 23.9 Å². The molecule has 0 aliphatic rings. The van der Waals surface area contributed by atoms with E-state index in [1.165, 1.54) is 23.2 Å². The van der Waals surface area contributed by atoms with Crippen LogP contribution in [0.25, 0.3) is 0 Å². The number of nitrogens with zero attached hydrogens (tertiary/aromatic N) is 1. The summed E-state index contributed by atoms with van der Waals surface area (Å²) in [5.74, 6) is -0.232. The van der Waals surface area contributed by atoms with E-state index in [-0.39, 0.29) is 12.4 Å². The van der Waals surface area contributed by atoms with Crippen LogP contribution in [0, 0.1) is 0 Å². The van der Waals surface area contributed by atoms with Gasteiger partial charge in [-0.25, -0.2) is 9.80 Å². The van der Waals surface area contributed by atoms with Gasteiger partial charge < -0.3 is 9.47 Å². The second-order valence-corrected chi connectivity index (χ2v) is 6.05. The molecule has 1 N–H and O–H groups in total. The van der Waals surface area contributed by atoms with Crippen molar-refractivity contribution in [2.24, 2.45) is 0 Å². The lowest BCUT2D eigenvalue weighted by molar-refractivity contribution is -0.139. The van der Waals surface area contributed by atoms with E-state index in [0.717, 1.165) is 11.6 Å². The third-order valence-corrected chi connectivity index (χ3v) is 3.92. The van der Waals surface area contributed by atoms with Gasteiger partial charge in [-0.15, -0.1) is 0 Å². The lowest BCUT2D eigenvalue weighted by Gasteiger charge is -2.24. The van der Waals surface area contributed by atoms with Crippen molar-refractivity contribution in [3.63, 3.8) is 0 Å². The number of para-hydroxylation sites is 1. The Morgan fingerprint density at radius 3 is 2.39 bits per heavy atom. The summed E-state index contributed by atoms with van der Waals surface area (Å²) in [6, 6.07) is 14.1. The third-order valence-electron chi connectivity index (χ3n) is 3.92. The molecule has 0 heterocycles. The zero-order valence-corrected chi connectivity index (χ0v) is 15.7. The van der Waals surface area contributed by atoms with Gasteiger partial charge in [-0.05, 0) is 24.6 Å². The maximum Gasteiger partial charge on any atom is 0.421 e. The largest absolute Gasteiger partial charge is 0.485 e. The standard InChI is InChI=1S/C20H23F3N2O3/c1-3-27-19(26)24-25(2)14-13-17(15-9-5-4-6-10-15)28-18-12-8-7-11-16(18)20(21,22)23/h4-12,17H,3,13-14H2,1-2H3,(H,24,26). The number of hydrazine groups is 1. The van der Waals surface area contributed by atoms with Crippen LogP contribution in [-0.4, -0.2) is 31.3 Å². The van der Waals surface area contributed by atoms with Gasteiger partial charge in [0.25, 0.3) is 0 Å². The monoisotopic (exact) mass is 396 g/mol. The molecule has 1 amide bonds. The first-order valence-electron chi connectivity index (χ1n) is 8.83. The van der Waals surface area contributed by atoms with Crippen LogP contribution in [0.15, 0.2) is 54.6 Å². The molecular weight excluding hydrogens is 373 g/mol. The molecule has 5 nitrogen and oxygen atoms in total. The van der Waals surface area contributed by atoms with E-state index in [9.17, 15) is 18.0 Å². The SMILES string of the molecule is CCOC(=O)NN(C)CCC(Oc1ccccc1C(F)(F)F)c1ccccc1. The maximum absolute atomic E-state index is 13.3. The molecule has 0 bridgehead atoms. The first-order valence-corrected chi connectivity index (χ1v) is 8.83. The molecule has 152 valence electrons. The highest BCUT2D eigenvalue weighted by Gasteiger charge is 2.34. The number of amides is 1. The summed E-state index contributed by atoms with van der Waals surface area (Å²) in [6.07, 6.45) is -5.39. The first-order chi connectivity index (χ1) is 13.3. The van der Waals surface area contributed by atoms with Gasteiger partial charge in [0, 0.05) is 20.0 Å². The number of hydrogen-bond acceptors (Lipinski definition) is 4. The molecular formula is C20H23F3N2O3. The number of hydrogen-bond donors (Lipinski definition) is 1. The molecule has 0 fully saturated rings. The topological polar surface area (TPSA) is 50.8 Å². The smallest absolute Gasteiger partial charge is 0.421 e. The van der Waals surface area contributed by atoms with Crippen molar-refractivity contribution in [1.82, 2.24) is 10.4 Å². The molecule has 0 spiro atoms. The first kappa shape index (κ1) is 21.6. The summed E-state index contributed by atoms with van der Waals surface area (Å²) < 4.78 is 50.4. The lowest BCUT2D eigenvalue weighted by Crippen LogP contribution is -2.40. The van der Waals surface area contributed by atoms with E-state index in [2.05, 4.69) is 5.43 Å². The van der Waals surface area contributed by atoms with Crippen LogP contribution in [0.2, 0.25) is 0 Å². The van der Waals surface area contributed by atoms with Crippen LogP contribution in [0.1, 0.15) is 30.6 Å². The average Bonchev–Trinajstić information content (AvgIpc) is 2.65. The zero-order valence-electron chi connectivity index (χ0n) is 15.7. The summed E-state index contributed by atoms with van der Waals surface area (Å²) >= 11 is 0. The van der Waals surface area contributed by atoms with Crippen molar-refractivity contribution in [2.75, 3.05) is 20.2 Å². The molecule has 0 radical (unpaired) electrons. The van der Waals surface area contributed by atoms with E-state index in [1.807, 2.05) is 6.07 Å². The van der Waals surface area contributed by atoms with Gasteiger partial charge in [0.15, 0.2) is 0 Å². The number of carbonyl (C=O) groups excluding carboxylic acids is 1. The van der Waals surface area contributed by atoms with Crippen molar-refractivity contribution in [2.45, 2.75) is 25.6 Å². The van der Waals surface area contributed by atoms with Crippen molar-refractivity contribution in [3.8, 4) is 5.75 Å². The summed E-state index contributed by atoms with van der Waals surface area (Å²) in [5, 5.41) is 1.51. The molecule has 1 atom stereocenters. The van der Waals surface area contributed by atoms with Gasteiger partial charge >= 0.3 is 12.3 Å². The fraction of sp³-hybridized carbons (Fsp3) is 0.350. The highest BCUT2D eigenvalue weighted by Crippen LogP contribution is 2.38. The molecule has 2 aromatic carbocycles. The number of benzene rings is 2. The van der Waals surface area contributed by atoms with Gasteiger partial charge in [0.05, 0.1) is 12.2 Å². The Bertz CT molecular complexity index is 754. The van der Waals surface area contributed by atoms with Crippen molar-refractivity contribution < 1.29 is 27.4 Å². The van der Waals surface area contributed by atoms with E-state index >= 15 is 0 Å². The fourth-order valence-corrected chi connectivity index (χ4v) is 2.60. The summed E-state index contributed by atoms with van der Waals surface area (Å²) in [4.78, 5) is 11.5. The highest BCUT2D eigenvalue weighted by molar-refractivity contribution is 5.66. The highest BCUT2D eigenvalue weighted by atomic mass is 19.4. The summed E-state index contributed by atoms with van der Waals surface area (Å²) in [7, 11) is 1.64. The predicted octanol–water partition coefficient (Wildman–Crippen LogP) is 4.81. The van der Waals surface area contributed by atoms with Crippen molar-refractivity contribution in [1.29, 1.82) is 0 Å². The Balaban J connectivity index is 2.15. The van der Waals surface area contributed by atoms with Gasteiger partial charge in [0.1, 0.15) is 11.9 Å². The van der Waals surface area contributed by atoms with Crippen molar-refractivity contribution in [3.05, 3.63) is 65.7 Å². The van der Waals surface area contributed by atoms with Gasteiger partial charge in [-0.1, -0.05) is 42.5 Å². The fourth-order valence-electron chi connectivity index (χ4n) is 2.60. The number of alkyl halides is 3. The maximum atomic E-state index is 13.3. The average molecular weight is 396 g/mol. The minimum absolute atomic E-state index is 0.232. The molecule has 28 heavy (non-hydrogen) atoms. The molecule has 0 aliphatic heterocycles. The van der Waals surface area contributed by atoms with Gasteiger partial charge in [-0.2, -0.15) is 13.2 Å². The Morgan fingerprint density at radius 2 is 1.75 bits per heavy atom. The minimum Gasteiger partial charge on any atom is -0.485 e. The summed E-state index contributed by atoms with van der Waals surface area (Å²) in [6.45, 7) is 2.27. The van der Waals surface area contributed by atoms with Crippen molar-refractivity contribution >= 4 is 6.09 Å². The van der Waals surface area contributed by atoms with Crippen LogP contribution in [0.4, 0.5) is 18.0 Å². The number of nitrogens with one attached hydrogen (secondary N) is 1. The molecule has 8 heteroatoms. The van der Waals surface area contributed by atoms with Gasteiger partial charge in [0.2, 0.25) is 0 Å². The van der Waals surface area contributed by atoms with E-state index in [0.29, 0.717) is 13.0 Å². The molecule has 0 saturated heterocycles. The Labute approximate surface area is 162 Å². The quantitative estimate of drug-likeness (QED) is 0.651. The zero-order chi connectivity index (χ0) is 20.6. The number of halogens is 3. The molecule has 0 aromatic heterocycles. The molecule has 0 saturated carbocycles. The Morgan fingerprint density at radius 1 is 1.11 bits per heavy atom. The van der Waals surface area contributed by atoms with Crippen LogP contribution >= 0.6 is 0 Å². The van der Waals surface area contributed by atoms with Gasteiger partial charge in [-0.3, -0.25) is 5.43 Å². The minimum atomic E-state index is -4.51. The predicted molar refractivity (Wildman–Crippen MR) is 98.7 cm³/mol. The Kier molecular flexibility index (Phi) is 7.69. The lowest BCUT2D eigenvalue weighted by atomic mass is 10.1. The molecule has 2 aromatic rings.